The number of hydrogen-bond donors (Lipinski definition) is 0. The van der Waals surface area contributed by atoms with Crippen LogP contribution in [-0.2, 0) is 4.79 Å². The Balaban J connectivity index is 1.34. The molecule has 1 saturated heterocycles. The molecule has 0 bridgehead atoms. The standard InChI is InChI=1S/C25H26ClN5O4/c1-18-7-2-3-8-19(18)24(33)23(20(26)17-32)31(28-34)12-6-11-29-13-15-30(16-14-29)25-27-21-9-4-5-10-22(21)35-25/h2-5,7-10,17H,6,11-16H2,1H3/b23-20-. The third kappa shape index (κ3) is 5.58. The van der Waals surface area contributed by atoms with E-state index in [0.717, 1.165) is 42.3 Å². The van der Waals surface area contributed by atoms with Gasteiger partial charge in [0.2, 0.25) is 5.78 Å². The number of halogens is 1. The number of nitrogens with zero attached hydrogens (tertiary/aromatic N) is 5. The van der Waals surface area contributed by atoms with Gasteiger partial charge < -0.3 is 9.32 Å². The quantitative estimate of drug-likeness (QED) is 0.136. The van der Waals surface area contributed by atoms with Gasteiger partial charge in [-0.2, -0.15) is 4.98 Å². The number of benzene rings is 2. The molecule has 9 nitrogen and oxygen atoms in total. The minimum absolute atomic E-state index is 0.159. The van der Waals surface area contributed by atoms with E-state index < -0.39 is 5.78 Å². The first kappa shape index (κ1) is 24.6. The summed E-state index contributed by atoms with van der Waals surface area (Å²) in [6.45, 7) is 5.75. The average molecular weight is 496 g/mol. The van der Waals surface area contributed by atoms with E-state index in [9.17, 15) is 14.5 Å². The van der Waals surface area contributed by atoms with E-state index in [1.165, 1.54) is 0 Å². The monoisotopic (exact) mass is 495 g/mol. The maximum Gasteiger partial charge on any atom is 0.298 e. The molecule has 0 saturated carbocycles. The summed E-state index contributed by atoms with van der Waals surface area (Å²) in [5.74, 6) is -0.508. The van der Waals surface area contributed by atoms with Gasteiger partial charge >= 0.3 is 0 Å². The molecule has 0 atom stereocenters. The summed E-state index contributed by atoms with van der Waals surface area (Å²) in [6.07, 6.45) is 0.915. The summed E-state index contributed by atoms with van der Waals surface area (Å²) in [5, 5.41) is 3.65. The topological polar surface area (TPSA) is 99.3 Å². The van der Waals surface area contributed by atoms with Crippen LogP contribution >= 0.6 is 11.6 Å². The summed E-state index contributed by atoms with van der Waals surface area (Å²) in [7, 11) is 0. The summed E-state index contributed by atoms with van der Waals surface area (Å²) in [5.41, 5.74) is 2.49. The fourth-order valence-corrected chi connectivity index (χ4v) is 4.34. The highest BCUT2D eigenvalue weighted by molar-refractivity contribution is 6.41. The van der Waals surface area contributed by atoms with Crippen LogP contribution in [0, 0.1) is 11.8 Å². The molecule has 0 unspecified atom stereocenters. The SMILES string of the molecule is Cc1ccccc1C(=O)/C(=C(/Cl)C=O)N(CCCN1CCN(c2nc3ccccc3o2)CC1)N=O. The predicted molar refractivity (Wildman–Crippen MR) is 134 cm³/mol. The first-order valence-corrected chi connectivity index (χ1v) is 11.8. The number of para-hydroxylation sites is 2. The number of Topliss-reactive ketones (excluding diaryl/α,β-unsaturated/α-hetero) is 1. The lowest BCUT2D eigenvalue weighted by atomic mass is 10.0. The molecular formula is C25H26ClN5O4. The van der Waals surface area contributed by atoms with Gasteiger partial charge in [-0.05, 0) is 31.0 Å². The van der Waals surface area contributed by atoms with Crippen LogP contribution in [0.15, 0.2) is 69.0 Å². The zero-order valence-electron chi connectivity index (χ0n) is 19.4. The van der Waals surface area contributed by atoms with Crippen LogP contribution in [0.2, 0.25) is 0 Å². The zero-order valence-corrected chi connectivity index (χ0v) is 20.1. The van der Waals surface area contributed by atoms with E-state index in [1.54, 1.807) is 31.2 Å². The van der Waals surface area contributed by atoms with Crippen molar-refractivity contribution in [1.29, 1.82) is 0 Å². The second-order valence-electron chi connectivity index (χ2n) is 8.31. The number of carbonyl (C=O) groups excluding carboxylic acids is 2. The molecule has 0 spiro atoms. The minimum atomic E-state index is -0.508. The van der Waals surface area contributed by atoms with Crippen LogP contribution < -0.4 is 4.90 Å². The summed E-state index contributed by atoms with van der Waals surface area (Å²) in [6, 6.07) is 15.2. The molecule has 0 N–H and O–H groups in total. The van der Waals surface area contributed by atoms with Gasteiger partial charge in [-0.15, -0.1) is 4.91 Å². The Labute approximate surface area is 207 Å². The van der Waals surface area contributed by atoms with Crippen LogP contribution in [0.4, 0.5) is 6.01 Å². The fourth-order valence-electron chi connectivity index (χ4n) is 4.16. The molecule has 182 valence electrons. The number of nitroso groups, excluding NO2 is 1. The molecule has 4 rings (SSSR count). The molecule has 0 radical (unpaired) electrons. The van der Waals surface area contributed by atoms with Crippen molar-refractivity contribution in [2.45, 2.75) is 13.3 Å². The van der Waals surface area contributed by atoms with E-state index in [4.69, 9.17) is 16.0 Å². The largest absolute Gasteiger partial charge is 0.423 e. The third-order valence-corrected chi connectivity index (χ3v) is 6.33. The van der Waals surface area contributed by atoms with Crippen molar-refractivity contribution >= 4 is 40.8 Å². The molecular weight excluding hydrogens is 470 g/mol. The number of rotatable bonds is 10. The van der Waals surface area contributed by atoms with Gasteiger partial charge in [0.15, 0.2) is 11.9 Å². The summed E-state index contributed by atoms with van der Waals surface area (Å²) in [4.78, 5) is 45.0. The molecule has 0 amide bonds. The Hall–Kier alpha value is -3.56. The van der Waals surface area contributed by atoms with E-state index in [1.807, 2.05) is 24.3 Å². The molecule has 3 aromatic rings. The number of fused-ring (bicyclic) bond motifs is 1. The number of carbonyl (C=O) groups is 2. The van der Waals surface area contributed by atoms with Gasteiger partial charge in [-0.25, -0.2) is 5.01 Å². The lowest BCUT2D eigenvalue weighted by Gasteiger charge is -2.34. The molecule has 35 heavy (non-hydrogen) atoms. The molecule has 1 aromatic heterocycles. The molecule has 0 aliphatic carbocycles. The van der Waals surface area contributed by atoms with Crippen molar-refractivity contribution in [2.24, 2.45) is 5.29 Å². The van der Waals surface area contributed by atoms with Crippen molar-refractivity contribution in [3.05, 3.63) is 75.3 Å². The summed E-state index contributed by atoms with van der Waals surface area (Å²) < 4.78 is 5.86. The Morgan fingerprint density at radius 3 is 2.54 bits per heavy atom. The van der Waals surface area contributed by atoms with Gasteiger partial charge in [-0.1, -0.05) is 48.0 Å². The van der Waals surface area contributed by atoms with Crippen LogP contribution in [0.3, 0.4) is 0 Å². The molecule has 1 aliphatic rings. The number of aldehydes is 1. The maximum absolute atomic E-state index is 13.1. The second kappa shape index (κ2) is 11.2. The molecule has 1 fully saturated rings. The van der Waals surface area contributed by atoms with Crippen molar-refractivity contribution in [3.63, 3.8) is 0 Å². The highest BCUT2D eigenvalue weighted by Gasteiger charge is 2.26. The number of anilines is 1. The number of oxazole rings is 1. The lowest BCUT2D eigenvalue weighted by molar-refractivity contribution is -0.104. The van der Waals surface area contributed by atoms with Crippen molar-refractivity contribution in [3.8, 4) is 0 Å². The van der Waals surface area contributed by atoms with Gasteiger partial charge in [-0.3, -0.25) is 14.5 Å². The Kier molecular flexibility index (Phi) is 7.89. The second-order valence-corrected chi connectivity index (χ2v) is 8.72. The normalized spacial score (nSPS) is 15.1. The van der Waals surface area contributed by atoms with Crippen molar-refractivity contribution < 1.29 is 14.0 Å². The van der Waals surface area contributed by atoms with Crippen molar-refractivity contribution in [1.82, 2.24) is 14.9 Å². The van der Waals surface area contributed by atoms with Crippen molar-refractivity contribution in [2.75, 3.05) is 44.2 Å². The Bertz CT molecular complexity index is 1220. The predicted octanol–water partition coefficient (Wildman–Crippen LogP) is 4.16. The Morgan fingerprint density at radius 1 is 1.14 bits per heavy atom. The Morgan fingerprint density at radius 2 is 1.86 bits per heavy atom. The molecule has 10 heteroatoms. The van der Waals surface area contributed by atoms with Gasteiger partial charge in [0.25, 0.3) is 6.01 Å². The molecule has 1 aliphatic heterocycles. The lowest BCUT2D eigenvalue weighted by Crippen LogP contribution is -2.47. The maximum atomic E-state index is 13.1. The number of piperazine rings is 1. The fraction of sp³-hybridized carbons (Fsp3) is 0.320. The van der Waals surface area contributed by atoms with Crippen LogP contribution in [0.1, 0.15) is 22.3 Å². The first-order chi connectivity index (χ1) is 17.0. The number of ketones is 1. The van der Waals surface area contributed by atoms with Crippen LogP contribution in [0.5, 0.6) is 0 Å². The number of allylic oxidation sites excluding steroid dienone is 2. The zero-order chi connectivity index (χ0) is 24.8. The van der Waals surface area contributed by atoms with Gasteiger partial charge in [0.1, 0.15) is 16.2 Å². The van der Waals surface area contributed by atoms with Crippen LogP contribution in [-0.4, -0.2) is 66.2 Å². The molecule has 2 aromatic carbocycles. The molecule has 2 heterocycles. The van der Waals surface area contributed by atoms with E-state index >= 15 is 0 Å². The van der Waals surface area contributed by atoms with Gasteiger partial charge in [0.05, 0.1) is 5.29 Å². The highest BCUT2D eigenvalue weighted by atomic mass is 35.5. The van der Waals surface area contributed by atoms with E-state index in [0.29, 0.717) is 36.4 Å². The average Bonchev–Trinajstić information content (AvgIpc) is 3.32. The van der Waals surface area contributed by atoms with Crippen LogP contribution in [0.25, 0.3) is 11.1 Å². The van der Waals surface area contributed by atoms with Gasteiger partial charge in [0, 0.05) is 44.8 Å². The summed E-state index contributed by atoms with van der Waals surface area (Å²) >= 11 is 6.05. The number of hydrogen-bond acceptors (Lipinski definition) is 8. The first-order valence-electron chi connectivity index (χ1n) is 11.4. The van der Waals surface area contributed by atoms with E-state index in [2.05, 4.69) is 20.1 Å². The smallest absolute Gasteiger partial charge is 0.298 e. The van der Waals surface area contributed by atoms with E-state index in [-0.39, 0.29) is 17.3 Å². The number of aromatic nitrogens is 1. The number of aryl methyl sites for hydroxylation is 1. The highest BCUT2D eigenvalue weighted by Crippen LogP contribution is 2.24. The minimum Gasteiger partial charge on any atom is -0.423 e. The third-order valence-electron chi connectivity index (χ3n) is 6.06.